The summed E-state index contributed by atoms with van der Waals surface area (Å²) in [6.45, 7) is 5.13. The van der Waals surface area contributed by atoms with Crippen molar-refractivity contribution in [1.29, 1.82) is 0 Å². The highest BCUT2D eigenvalue weighted by atomic mass is 15.2. The zero-order chi connectivity index (χ0) is 17.1. The first-order chi connectivity index (χ1) is 12.3. The molecule has 1 aliphatic heterocycles. The minimum Gasteiger partial charge on any atom is -0.293 e. The van der Waals surface area contributed by atoms with E-state index in [2.05, 4.69) is 64.4 Å². The third-order valence-corrected chi connectivity index (χ3v) is 5.10. The maximum atomic E-state index is 4.72. The van der Waals surface area contributed by atoms with Gasteiger partial charge in [-0.15, -0.1) is 0 Å². The molecular weight excluding hydrogens is 308 g/mol. The number of hydrogen-bond acceptors (Lipinski definition) is 3. The first-order valence-electron chi connectivity index (χ1n) is 9.08. The van der Waals surface area contributed by atoms with E-state index in [0.717, 1.165) is 38.2 Å². The topological polar surface area (TPSA) is 44.8 Å². The van der Waals surface area contributed by atoms with Crippen molar-refractivity contribution >= 4 is 0 Å². The summed E-state index contributed by atoms with van der Waals surface area (Å²) in [5.41, 5.74) is 6.39. The van der Waals surface area contributed by atoms with Gasteiger partial charge in [0.15, 0.2) is 0 Å². The van der Waals surface area contributed by atoms with E-state index in [1.54, 1.807) is 0 Å². The van der Waals surface area contributed by atoms with Gasteiger partial charge in [0, 0.05) is 49.4 Å². The Morgan fingerprint density at radius 3 is 2.72 bits per heavy atom. The molecule has 25 heavy (non-hydrogen) atoms. The van der Waals surface area contributed by atoms with Gasteiger partial charge in [-0.05, 0) is 24.1 Å². The van der Waals surface area contributed by atoms with E-state index < -0.39 is 0 Å². The molecule has 1 unspecified atom stereocenters. The van der Waals surface area contributed by atoms with E-state index in [9.17, 15) is 0 Å². The number of aromatic nitrogens is 3. The lowest BCUT2D eigenvalue weighted by atomic mass is 9.89. The molecule has 1 N–H and O–H groups in total. The molecule has 0 spiro atoms. The quantitative estimate of drug-likeness (QED) is 0.770. The van der Waals surface area contributed by atoms with Gasteiger partial charge in [-0.1, -0.05) is 43.3 Å². The predicted octanol–water partition coefficient (Wildman–Crippen LogP) is 3.90. The third-order valence-electron chi connectivity index (χ3n) is 5.10. The molecule has 2 aromatic heterocycles. The van der Waals surface area contributed by atoms with Crippen LogP contribution >= 0.6 is 0 Å². The van der Waals surface area contributed by atoms with Crippen molar-refractivity contribution in [3.63, 3.8) is 0 Å². The molecule has 3 heterocycles. The van der Waals surface area contributed by atoms with Crippen LogP contribution in [0.25, 0.3) is 0 Å². The molecule has 0 bridgehead atoms. The van der Waals surface area contributed by atoms with Gasteiger partial charge < -0.3 is 0 Å². The predicted molar refractivity (Wildman–Crippen MR) is 99.2 cm³/mol. The minimum absolute atomic E-state index is 0.357. The third kappa shape index (κ3) is 3.35. The van der Waals surface area contributed by atoms with E-state index in [-0.39, 0.29) is 0 Å². The van der Waals surface area contributed by atoms with Crippen molar-refractivity contribution in [2.75, 3.05) is 6.54 Å². The minimum atomic E-state index is 0.357. The van der Waals surface area contributed by atoms with Crippen molar-refractivity contribution in [2.45, 2.75) is 38.8 Å². The van der Waals surface area contributed by atoms with Crippen LogP contribution in [0.4, 0.5) is 0 Å². The monoisotopic (exact) mass is 332 g/mol. The highest BCUT2D eigenvalue weighted by Crippen LogP contribution is 2.32. The Morgan fingerprint density at radius 1 is 1.12 bits per heavy atom. The van der Waals surface area contributed by atoms with E-state index >= 15 is 0 Å². The smallest absolute Gasteiger partial charge is 0.0744 e. The fourth-order valence-corrected chi connectivity index (χ4v) is 3.79. The lowest BCUT2D eigenvalue weighted by molar-refractivity contribution is 0.241. The maximum Gasteiger partial charge on any atom is 0.0744 e. The number of fused-ring (bicyclic) bond motifs is 1. The normalized spacial score (nSPS) is 15.7. The molecule has 1 aromatic carbocycles. The van der Waals surface area contributed by atoms with Crippen LogP contribution in [0.2, 0.25) is 0 Å². The average Bonchev–Trinajstić information content (AvgIpc) is 3.07. The molecule has 0 radical (unpaired) electrons. The van der Waals surface area contributed by atoms with Gasteiger partial charge in [0.25, 0.3) is 0 Å². The molecule has 4 nitrogen and oxygen atoms in total. The summed E-state index contributed by atoms with van der Waals surface area (Å²) in [6, 6.07) is 16.9. The van der Waals surface area contributed by atoms with Crippen molar-refractivity contribution in [2.24, 2.45) is 0 Å². The summed E-state index contributed by atoms with van der Waals surface area (Å²) in [7, 11) is 0. The fourth-order valence-electron chi connectivity index (χ4n) is 3.79. The second-order valence-corrected chi connectivity index (χ2v) is 6.72. The van der Waals surface area contributed by atoms with E-state index in [0.29, 0.717) is 5.92 Å². The summed E-state index contributed by atoms with van der Waals surface area (Å²) in [4.78, 5) is 6.95. The standard InChI is InChI=1S/C21H24N4/c1-2-18(16-8-4-3-5-9-16)21-19-15-25(13-11-20(19)23-24-21)14-17-10-6-7-12-22-17/h3-10,12,18H,2,11,13-15H2,1H3,(H,23,24). The van der Waals surface area contributed by atoms with Crippen LogP contribution in [0.3, 0.4) is 0 Å². The number of rotatable bonds is 5. The van der Waals surface area contributed by atoms with Crippen molar-refractivity contribution in [3.8, 4) is 0 Å². The zero-order valence-electron chi connectivity index (χ0n) is 14.7. The van der Waals surface area contributed by atoms with Gasteiger partial charge in [0.2, 0.25) is 0 Å². The average molecular weight is 332 g/mol. The number of nitrogens with zero attached hydrogens (tertiary/aromatic N) is 3. The molecular formula is C21H24N4. The molecule has 0 saturated heterocycles. The molecule has 0 amide bonds. The summed E-state index contributed by atoms with van der Waals surface area (Å²) in [5.74, 6) is 0.357. The molecule has 0 fully saturated rings. The van der Waals surface area contributed by atoms with Gasteiger partial charge in [0.05, 0.1) is 11.4 Å². The van der Waals surface area contributed by atoms with E-state index in [4.69, 9.17) is 5.10 Å². The number of hydrogen-bond donors (Lipinski definition) is 1. The molecule has 3 aromatic rings. The van der Waals surface area contributed by atoms with E-state index in [1.165, 1.54) is 22.5 Å². The summed E-state index contributed by atoms with van der Waals surface area (Å²) in [6.07, 6.45) is 3.96. The van der Waals surface area contributed by atoms with E-state index in [1.807, 2.05) is 12.3 Å². The molecule has 1 aliphatic rings. The first kappa shape index (κ1) is 16.0. The lowest BCUT2D eigenvalue weighted by Gasteiger charge is -2.27. The number of H-pyrrole nitrogens is 1. The second kappa shape index (κ2) is 7.19. The Balaban J connectivity index is 1.58. The summed E-state index contributed by atoms with van der Waals surface area (Å²) < 4.78 is 0. The van der Waals surface area contributed by atoms with Gasteiger partial charge in [-0.3, -0.25) is 15.0 Å². The highest BCUT2D eigenvalue weighted by Gasteiger charge is 2.26. The number of aromatic amines is 1. The SMILES string of the molecule is CCC(c1ccccc1)c1n[nH]c2c1CN(Cc1ccccn1)CC2. The number of pyridine rings is 1. The lowest BCUT2D eigenvalue weighted by Crippen LogP contribution is -2.30. The van der Waals surface area contributed by atoms with Crippen LogP contribution in [0.5, 0.6) is 0 Å². The zero-order valence-corrected chi connectivity index (χ0v) is 14.7. The summed E-state index contributed by atoms with van der Waals surface area (Å²) >= 11 is 0. The van der Waals surface area contributed by atoms with Crippen LogP contribution in [-0.4, -0.2) is 26.6 Å². The van der Waals surface area contributed by atoms with Gasteiger partial charge in [-0.2, -0.15) is 5.10 Å². The van der Waals surface area contributed by atoms with Gasteiger partial charge in [0.1, 0.15) is 0 Å². The Kier molecular flexibility index (Phi) is 4.61. The molecule has 1 atom stereocenters. The van der Waals surface area contributed by atoms with Crippen LogP contribution in [-0.2, 0) is 19.5 Å². The van der Waals surface area contributed by atoms with Crippen molar-refractivity contribution < 1.29 is 0 Å². The van der Waals surface area contributed by atoms with Crippen LogP contribution in [0, 0.1) is 0 Å². The Hall–Kier alpha value is -2.46. The number of benzene rings is 1. The van der Waals surface area contributed by atoms with Gasteiger partial charge in [-0.25, -0.2) is 0 Å². The molecule has 128 valence electrons. The van der Waals surface area contributed by atoms with Crippen LogP contribution in [0.15, 0.2) is 54.7 Å². The molecule has 0 saturated carbocycles. The van der Waals surface area contributed by atoms with Crippen molar-refractivity contribution in [1.82, 2.24) is 20.1 Å². The van der Waals surface area contributed by atoms with Crippen molar-refractivity contribution in [3.05, 3.63) is 82.9 Å². The Labute approximate surface area is 148 Å². The highest BCUT2D eigenvalue weighted by molar-refractivity contribution is 5.36. The Morgan fingerprint density at radius 2 is 1.96 bits per heavy atom. The number of nitrogens with one attached hydrogen (secondary N) is 1. The Bertz CT molecular complexity index is 810. The van der Waals surface area contributed by atoms with Gasteiger partial charge >= 0.3 is 0 Å². The second-order valence-electron chi connectivity index (χ2n) is 6.72. The largest absolute Gasteiger partial charge is 0.293 e. The maximum absolute atomic E-state index is 4.72. The molecule has 0 aliphatic carbocycles. The molecule has 4 rings (SSSR count). The summed E-state index contributed by atoms with van der Waals surface area (Å²) in [5, 5.41) is 8.02. The van der Waals surface area contributed by atoms with Crippen LogP contribution in [0.1, 0.15) is 47.5 Å². The van der Waals surface area contributed by atoms with Crippen LogP contribution < -0.4 is 0 Å². The first-order valence-corrected chi connectivity index (χ1v) is 9.08. The fraction of sp³-hybridized carbons (Fsp3) is 0.333. The molecule has 4 heteroatoms.